The van der Waals surface area contributed by atoms with Gasteiger partial charge in [-0.2, -0.15) is 0 Å². The van der Waals surface area contributed by atoms with E-state index in [0.717, 1.165) is 36.8 Å². The van der Waals surface area contributed by atoms with Crippen LogP contribution in [-0.4, -0.2) is 28.2 Å². The van der Waals surface area contributed by atoms with Gasteiger partial charge in [0.25, 0.3) is 0 Å². The molecular formula is C31H33FN2O4. The Morgan fingerprint density at radius 3 is 2.66 bits per heavy atom. The van der Waals surface area contributed by atoms with Crippen LogP contribution in [0, 0.1) is 17.2 Å². The first-order valence-electron chi connectivity index (χ1n) is 13.1. The minimum absolute atomic E-state index is 0.00696. The maximum absolute atomic E-state index is 15.0. The van der Waals surface area contributed by atoms with Crippen molar-refractivity contribution in [2.75, 3.05) is 7.11 Å². The van der Waals surface area contributed by atoms with Gasteiger partial charge < -0.3 is 14.6 Å². The summed E-state index contributed by atoms with van der Waals surface area (Å²) in [5.74, 6) is 0.960. The average Bonchev–Trinajstić information content (AvgIpc) is 3.68. The second-order valence-corrected chi connectivity index (χ2v) is 10.8. The lowest BCUT2D eigenvalue weighted by Crippen LogP contribution is -2.13. The van der Waals surface area contributed by atoms with E-state index in [9.17, 15) is 14.3 Å². The Bertz CT molecular complexity index is 1380. The highest BCUT2D eigenvalue weighted by Crippen LogP contribution is 2.47. The Morgan fingerprint density at radius 1 is 1.16 bits per heavy atom. The highest BCUT2D eigenvalue weighted by atomic mass is 19.1. The summed E-state index contributed by atoms with van der Waals surface area (Å²) >= 11 is 0. The smallest absolute Gasteiger partial charge is 0.303 e. The molecule has 2 aliphatic rings. The molecule has 0 saturated heterocycles. The van der Waals surface area contributed by atoms with Crippen LogP contribution in [0.25, 0.3) is 16.7 Å². The van der Waals surface area contributed by atoms with Crippen LogP contribution in [0.3, 0.4) is 0 Å². The van der Waals surface area contributed by atoms with Crippen molar-refractivity contribution in [3.8, 4) is 22.6 Å². The van der Waals surface area contributed by atoms with E-state index in [4.69, 9.17) is 14.5 Å². The van der Waals surface area contributed by atoms with Crippen LogP contribution in [0.4, 0.5) is 4.39 Å². The SMILES string of the molecule is COc1ccc(F)c(-c2cnc(COc3cccc([C@@H](CC(=O)O)C4CC4)c3)nc2C2=CCCC2(C)C)c1. The van der Waals surface area contributed by atoms with Crippen LogP contribution in [0.2, 0.25) is 0 Å². The summed E-state index contributed by atoms with van der Waals surface area (Å²) in [6, 6.07) is 12.3. The average molecular weight is 517 g/mol. The lowest BCUT2D eigenvalue weighted by molar-refractivity contribution is -0.137. The molecule has 0 bridgehead atoms. The van der Waals surface area contributed by atoms with Crippen LogP contribution in [-0.2, 0) is 11.4 Å². The van der Waals surface area contributed by atoms with Gasteiger partial charge in [0, 0.05) is 17.3 Å². The fraction of sp³-hybridized carbons (Fsp3) is 0.387. The van der Waals surface area contributed by atoms with Gasteiger partial charge in [-0.25, -0.2) is 14.4 Å². The molecule has 1 heterocycles. The van der Waals surface area contributed by atoms with Crippen LogP contribution < -0.4 is 9.47 Å². The van der Waals surface area contributed by atoms with E-state index in [-0.39, 0.29) is 30.2 Å². The van der Waals surface area contributed by atoms with E-state index in [1.165, 1.54) is 6.07 Å². The topological polar surface area (TPSA) is 81.5 Å². The fourth-order valence-corrected chi connectivity index (χ4v) is 5.36. The minimum Gasteiger partial charge on any atom is -0.497 e. The Labute approximate surface area is 222 Å². The number of allylic oxidation sites excluding steroid dienone is 2. The molecule has 1 atom stereocenters. The molecule has 2 aliphatic carbocycles. The zero-order chi connectivity index (χ0) is 26.9. The van der Waals surface area contributed by atoms with Crippen LogP contribution in [0.15, 0.2) is 54.7 Å². The molecule has 1 aromatic heterocycles. The van der Waals surface area contributed by atoms with Crippen LogP contribution in [0.1, 0.15) is 69.0 Å². The highest BCUT2D eigenvalue weighted by molar-refractivity contribution is 5.82. The molecule has 5 rings (SSSR count). The quantitative estimate of drug-likeness (QED) is 0.311. The standard InChI is InChI=1S/C31H33FN2O4/c1-31(2)13-5-8-26(31)30-25(24-15-21(37-3)11-12-27(24)32)17-33-28(34-30)18-38-22-7-4-6-20(14-22)23(16-29(35)36)19-9-10-19/h4,6-8,11-12,14-15,17,19,23H,5,9-10,13,16,18H2,1-3H3,(H,35,36)/t23-/m0/s1. The van der Waals surface area contributed by atoms with E-state index in [1.807, 2.05) is 24.3 Å². The van der Waals surface area contributed by atoms with E-state index in [0.29, 0.717) is 40.1 Å². The third kappa shape index (κ3) is 5.57. The lowest BCUT2D eigenvalue weighted by atomic mass is 9.82. The maximum atomic E-state index is 15.0. The molecule has 0 aliphatic heterocycles. The first-order valence-corrected chi connectivity index (χ1v) is 13.1. The number of aliphatic carboxylic acids is 1. The van der Waals surface area contributed by atoms with Crippen molar-refractivity contribution >= 4 is 11.5 Å². The molecular weight excluding hydrogens is 483 g/mol. The van der Waals surface area contributed by atoms with Crippen LogP contribution in [0.5, 0.6) is 11.5 Å². The van der Waals surface area contributed by atoms with Gasteiger partial charge >= 0.3 is 5.97 Å². The zero-order valence-electron chi connectivity index (χ0n) is 22.0. The molecule has 0 radical (unpaired) electrons. The van der Waals surface area contributed by atoms with Crippen molar-refractivity contribution in [2.45, 2.75) is 58.5 Å². The van der Waals surface area contributed by atoms with Crippen molar-refractivity contribution in [2.24, 2.45) is 11.3 Å². The van der Waals surface area contributed by atoms with Gasteiger partial charge in [0.05, 0.1) is 19.2 Å². The summed E-state index contributed by atoms with van der Waals surface area (Å²) in [7, 11) is 1.56. The van der Waals surface area contributed by atoms with Gasteiger partial charge in [-0.05, 0) is 84.4 Å². The van der Waals surface area contributed by atoms with Crippen molar-refractivity contribution in [1.29, 1.82) is 0 Å². The van der Waals surface area contributed by atoms with Crippen molar-refractivity contribution in [1.82, 2.24) is 9.97 Å². The zero-order valence-corrected chi connectivity index (χ0v) is 22.0. The molecule has 1 fully saturated rings. The van der Waals surface area contributed by atoms with E-state index in [2.05, 4.69) is 24.9 Å². The molecule has 198 valence electrons. The van der Waals surface area contributed by atoms with Gasteiger partial charge in [0.2, 0.25) is 0 Å². The predicted octanol–water partition coefficient (Wildman–Crippen LogP) is 7.04. The number of hydrogen-bond donors (Lipinski definition) is 1. The molecule has 0 spiro atoms. The highest BCUT2D eigenvalue weighted by Gasteiger charge is 2.34. The number of nitrogens with zero attached hydrogens (tertiary/aromatic N) is 2. The molecule has 1 N–H and O–H groups in total. The monoisotopic (exact) mass is 516 g/mol. The van der Waals surface area contributed by atoms with Crippen LogP contribution >= 0.6 is 0 Å². The molecule has 1 saturated carbocycles. The number of ether oxygens (including phenoxy) is 2. The fourth-order valence-electron chi connectivity index (χ4n) is 5.36. The number of benzene rings is 2. The van der Waals surface area contributed by atoms with Crippen molar-refractivity contribution < 1.29 is 23.8 Å². The third-order valence-corrected chi connectivity index (χ3v) is 7.64. The van der Waals surface area contributed by atoms with Gasteiger partial charge in [-0.1, -0.05) is 32.1 Å². The molecule has 38 heavy (non-hydrogen) atoms. The molecule has 0 unspecified atom stereocenters. The molecule has 7 heteroatoms. The summed E-state index contributed by atoms with van der Waals surface area (Å²) in [6.07, 6.45) is 8.01. The van der Waals surface area contributed by atoms with E-state index in [1.54, 1.807) is 25.4 Å². The number of aromatic nitrogens is 2. The molecule has 3 aromatic rings. The Balaban J connectivity index is 1.44. The normalized spacial score (nSPS) is 17.1. The number of carboxylic acids is 1. The Morgan fingerprint density at radius 2 is 1.97 bits per heavy atom. The molecule has 0 amide bonds. The number of rotatable bonds is 10. The second-order valence-electron chi connectivity index (χ2n) is 10.8. The number of hydrogen-bond acceptors (Lipinski definition) is 5. The number of methoxy groups -OCH3 is 1. The molecule has 6 nitrogen and oxygen atoms in total. The Kier molecular flexibility index (Phi) is 7.19. The third-order valence-electron chi connectivity index (χ3n) is 7.64. The summed E-state index contributed by atoms with van der Waals surface area (Å²) < 4.78 is 26.4. The minimum atomic E-state index is -0.786. The largest absolute Gasteiger partial charge is 0.497 e. The Hall–Kier alpha value is -3.74. The number of carbonyl (C=O) groups is 1. The summed E-state index contributed by atoms with van der Waals surface area (Å²) in [5.41, 5.74) is 3.67. The van der Waals surface area contributed by atoms with Gasteiger partial charge in [-0.15, -0.1) is 0 Å². The van der Waals surface area contributed by atoms with Gasteiger partial charge in [-0.3, -0.25) is 4.79 Å². The van der Waals surface area contributed by atoms with Gasteiger partial charge in [0.1, 0.15) is 23.9 Å². The summed E-state index contributed by atoms with van der Waals surface area (Å²) in [4.78, 5) is 20.8. The summed E-state index contributed by atoms with van der Waals surface area (Å²) in [6.45, 7) is 4.49. The summed E-state index contributed by atoms with van der Waals surface area (Å²) in [5, 5.41) is 9.36. The molecule has 2 aromatic carbocycles. The maximum Gasteiger partial charge on any atom is 0.303 e. The van der Waals surface area contributed by atoms with Crippen molar-refractivity contribution in [3.05, 3.63) is 77.6 Å². The first-order chi connectivity index (χ1) is 18.2. The number of carboxylic acid groups (broad SMARTS) is 1. The second kappa shape index (κ2) is 10.6. The lowest BCUT2D eigenvalue weighted by Gasteiger charge is -2.24. The number of halogens is 1. The predicted molar refractivity (Wildman–Crippen MR) is 143 cm³/mol. The van der Waals surface area contributed by atoms with Gasteiger partial charge in [0.15, 0.2) is 5.82 Å². The van der Waals surface area contributed by atoms with Crippen molar-refractivity contribution in [3.63, 3.8) is 0 Å². The van der Waals surface area contributed by atoms with E-state index < -0.39 is 5.97 Å². The first kappa shape index (κ1) is 25.9. The van der Waals surface area contributed by atoms with E-state index >= 15 is 0 Å².